The second kappa shape index (κ2) is 6.76. The molecule has 0 aliphatic carbocycles. The number of ether oxygens (including phenoxy) is 2. The van der Waals surface area contributed by atoms with Crippen LogP contribution in [0.25, 0.3) is 0 Å². The normalized spacial score (nSPS) is 18.5. The summed E-state index contributed by atoms with van der Waals surface area (Å²) in [5.41, 5.74) is 1.31. The molecule has 1 N–H and O–H groups in total. The average Bonchev–Trinajstić information content (AvgIpc) is 2.38. The summed E-state index contributed by atoms with van der Waals surface area (Å²) in [6, 6.07) is 8.71. The zero-order valence-corrected chi connectivity index (χ0v) is 11.3. The Hall–Kier alpha value is -1.06. The quantitative estimate of drug-likeness (QED) is 0.785. The molecule has 3 heteroatoms. The van der Waals surface area contributed by atoms with E-state index in [1.807, 2.05) is 12.1 Å². The summed E-state index contributed by atoms with van der Waals surface area (Å²) in [4.78, 5) is 0. The molecule has 18 heavy (non-hydrogen) atoms. The van der Waals surface area contributed by atoms with Crippen LogP contribution in [-0.4, -0.2) is 31.9 Å². The third-order valence-corrected chi connectivity index (χ3v) is 3.08. The van der Waals surface area contributed by atoms with Crippen molar-refractivity contribution in [3.8, 4) is 5.75 Å². The lowest BCUT2D eigenvalue weighted by atomic mass is 10.0. The van der Waals surface area contributed by atoms with Crippen molar-refractivity contribution >= 4 is 0 Å². The van der Waals surface area contributed by atoms with Crippen molar-refractivity contribution in [3.63, 3.8) is 0 Å². The van der Waals surface area contributed by atoms with Crippen molar-refractivity contribution in [2.24, 2.45) is 0 Å². The van der Waals surface area contributed by atoms with Gasteiger partial charge in [0.1, 0.15) is 12.4 Å². The number of hydrogen-bond acceptors (Lipinski definition) is 3. The first-order chi connectivity index (χ1) is 8.75. The van der Waals surface area contributed by atoms with E-state index in [0.29, 0.717) is 12.1 Å². The van der Waals surface area contributed by atoms with Crippen molar-refractivity contribution < 1.29 is 9.47 Å². The van der Waals surface area contributed by atoms with Crippen molar-refractivity contribution in [2.45, 2.75) is 38.8 Å². The molecular formula is C15H23NO2. The number of benzene rings is 1. The van der Waals surface area contributed by atoms with Gasteiger partial charge in [0.15, 0.2) is 0 Å². The van der Waals surface area contributed by atoms with Crippen LogP contribution in [0.1, 0.15) is 25.8 Å². The van der Waals surface area contributed by atoms with E-state index in [-0.39, 0.29) is 0 Å². The first-order valence-corrected chi connectivity index (χ1v) is 6.81. The van der Waals surface area contributed by atoms with Crippen LogP contribution < -0.4 is 10.1 Å². The van der Waals surface area contributed by atoms with Gasteiger partial charge in [0.2, 0.25) is 0 Å². The van der Waals surface area contributed by atoms with Crippen molar-refractivity contribution in [2.75, 3.05) is 19.8 Å². The molecule has 0 amide bonds. The van der Waals surface area contributed by atoms with Gasteiger partial charge in [-0.1, -0.05) is 18.2 Å². The van der Waals surface area contributed by atoms with Crippen LogP contribution >= 0.6 is 0 Å². The lowest BCUT2D eigenvalue weighted by Crippen LogP contribution is -2.40. The summed E-state index contributed by atoms with van der Waals surface area (Å²) >= 11 is 0. The Bertz CT molecular complexity index is 365. The molecule has 0 aromatic heterocycles. The number of hydrogen-bond donors (Lipinski definition) is 1. The van der Waals surface area contributed by atoms with Crippen molar-refractivity contribution in [1.82, 2.24) is 5.32 Å². The average molecular weight is 249 g/mol. The van der Waals surface area contributed by atoms with E-state index >= 15 is 0 Å². The number of rotatable bonds is 6. The second-order valence-electron chi connectivity index (χ2n) is 5.05. The van der Waals surface area contributed by atoms with Gasteiger partial charge in [-0.2, -0.15) is 0 Å². The van der Waals surface area contributed by atoms with Gasteiger partial charge in [0.05, 0.1) is 6.10 Å². The zero-order valence-electron chi connectivity index (χ0n) is 11.3. The summed E-state index contributed by atoms with van der Waals surface area (Å²) in [6.07, 6.45) is 2.44. The van der Waals surface area contributed by atoms with Crippen LogP contribution in [0.5, 0.6) is 5.75 Å². The molecule has 0 spiro atoms. The molecule has 1 aromatic rings. The monoisotopic (exact) mass is 249 g/mol. The fourth-order valence-electron chi connectivity index (χ4n) is 2.16. The minimum absolute atomic E-state index is 0.329. The molecule has 3 nitrogen and oxygen atoms in total. The van der Waals surface area contributed by atoms with Crippen LogP contribution in [0.2, 0.25) is 0 Å². The molecule has 0 fully saturated rings. The molecular weight excluding hydrogens is 226 g/mol. The van der Waals surface area contributed by atoms with E-state index in [0.717, 1.165) is 38.3 Å². The minimum Gasteiger partial charge on any atom is -0.492 e. The predicted molar refractivity (Wildman–Crippen MR) is 73.1 cm³/mol. The van der Waals surface area contributed by atoms with Gasteiger partial charge in [-0.25, -0.2) is 0 Å². The Kier molecular flexibility index (Phi) is 5.02. The van der Waals surface area contributed by atoms with Crippen LogP contribution in [0.4, 0.5) is 0 Å². The molecule has 1 aliphatic rings. The highest BCUT2D eigenvalue weighted by atomic mass is 16.5. The Balaban J connectivity index is 1.67. The number of para-hydroxylation sites is 1. The van der Waals surface area contributed by atoms with Gasteiger partial charge in [-0.15, -0.1) is 0 Å². The van der Waals surface area contributed by atoms with Gasteiger partial charge in [0, 0.05) is 12.6 Å². The number of nitrogens with one attached hydrogen (secondary N) is 1. The summed E-state index contributed by atoms with van der Waals surface area (Å²) in [5, 5.41) is 3.53. The third-order valence-electron chi connectivity index (χ3n) is 3.08. The maximum Gasteiger partial charge on any atom is 0.122 e. The standard InChI is InChI=1S/C15H23NO2/c1-12(2)17-9-5-8-16-14-10-13-6-3-4-7-15(13)18-11-14/h3-4,6-7,12,14,16H,5,8-11H2,1-2H3. The van der Waals surface area contributed by atoms with E-state index in [2.05, 4.69) is 31.3 Å². The topological polar surface area (TPSA) is 30.5 Å². The minimum atomic E-state index is 0.329. The van der Waals surface area contributed by atoms with E-state index in [4.69, 9.17) is 9.47 Å². The maximum atomic E-state index is 5.74. The molecule has 0 saturated heterocycles. The van der Waals surface area contributed by atoms with E-state index < -0.39 is 0 Å². The fraction of sp³-hybridized carbons (Fsp3) is 0.600. The highest BCUT2D eigenvalue weighted by molar-refractivity contribution is 5.35. The maximum absolute atomic E-state index is 5.74. The molecule has 1 unspecified atom stereocenters. The van der Waals surface area contributed by atoms with Gasteiger partial charge in [-0.3, -0.25) is 0 Å². The summed E-state index contributed by atoms with van der Waals surface area (Å²) in [7, 11) is 0. The fourth-order valence-corrected chi connectivity index (χ4v) is 2.16. The molecule has 1 atom stereocenters. The smallest absolute Gasteiger partial charge is 0.122 e. The van der Waals surface area contributed by atoms with Gasteiger partial charge in [0.25, 0.3) is 0 Å². The van der Waals surface area contributed by atoms with E-state index in [9.17, 15) is 0 Å². The summed E-state index contributed by atoms with van der Waals surface area (Å²) in [6.45, 7) is 6.72. The van der Waals surface area contributed by atoms with Gasteiger partial charge in [-0.05, 0) is 44.9 Å². The van der Waals surface area contributed by atoms with Crippen LogP contribution in [0.3, 0.4) is 0 Å². The summed E-state index contributed by atoms with van der Waals surface area (Å²) in [5.74, 6) is 1.04. The van der Waals surface area contributed by atoms with Crippen molar-refractivity contribution in [3.05, 3.63) is 29.8 Å². The van der Waals surface area contributed by atoms with Crippen LogP contribution in [0, 0.1) is 0 Å². The molecule has 1 aromatic carbocycles. The molecule has 100 valence electrons. The molecule has 0 saturated carbocycles. The molecule has 2 rings (SSSR count). The van der Waals surface area contributed by atoms with E-state index in [1.54, 1.807) is 0 Å². The largest absolute Gasteiger partial charge is 0.492 e. The highest BCUT2D eigenvalue weighted by Gasteiger charge is 2.18. The zero-order chi connectivity index (χ0) is 12.8. The first-order valence-electron chi connectivity index (χ1n) is 6.81. The second-order valence-corrected chi connectivity index (χ2v) is 5.05. The van der Waals surface area contributed by atoms with Gasteiger partial charge < -0.3 is 14.8 Å². The first kappa shape index (κ1) is 13.4. The van der Waals surface area contributed by atoms with Crippen molar-refractivity contribution in [1.29, 1.82) is 0 Å². The highest BCUT2D eigenvalue weighted by Crippen LogP contribution is 2.23. The Labute approximate surface area is 109 Å². The lowest BCUT2D eigenvalue weighted by Gasteiger charge is -2.26. The molecule has 0 radical (unpaired) electrons. The number of fused-ring (bicyclic) bond motifs is 1. The third kappa shape index (κ3) is 4.00. The lowest BCUT2D eigenvalue weighted by molar-refractivity contribution is 0.0762. The Morgan fingerprint density at radius 3 is 3.06 bits per heavy atom. The SMILES string of the molecule is CC(C)OCCCNC1COc2ccccc2C1. The molecule has 0 bridgehead atoms. The van der Waals surface area contributed by atoms with Crippen LogP contribution in [0.15, 0.2) is 24.3 Å². The molecule has 1 aliphatic heterocycles. The Morgan fingerprint density at radius 2 is 2.22 bits per heavy atom. The summed E-state index contributed by atoms with van der Waals surface area (Å²) < 4.78 is 11.3. The van der Waals surface area contributed by atoms with Gasteiger partial charge >= 0.3 is 0 Å². The van der Waals surface area contributed by atoms with Crippen LogP contribution in [-0.2, 0) is 11.2 Å². The molecule has 1 heterocycles. The van der Waals surface area contributed by atoms with E-state index in [1.165, 1.54) is 5.56 Å². The Morgan fingerprint density at radius 1 is 1.39 bits per heavy atom. The predicted octanol–water partition coefficient (Wildman–Crippen LogP) is 2.39.